The van der Waals surface area contributed by atoms with Gasteiger partial charge in [0.1, 0.15) is 11.9 Å². The zero-order valence-corrected chi connectivity index (χ0v) is 11.4. The highest BCUT2D eigenvalue weighted by Gasteiger charge is 2.23. The average molecular weight is 260 g/mol. The van der Waals surface area contributed by atoms with Crippen LogP contribution in [-0.4, -0.2) is 11.7 Å². The van der Waals surface area contributed by atoms with Crippen molar-refractivity contribution >= 4 is 11.3 Å². The Kier molecular flexibility index (Phi) is 2.88. The second-order valence-corrected chi connectivity index (χ2v) is 6.01. The first-order valence-electron chi connectivity index (χ1n) is 6.16. The van der Waals surface area contributed by atoms with Crippen molar-refractivity contribution in [3.63, 3.8) is 0 Å². The van der Waals surface area contributed by atoms with Crippen molar-refractivity contribution < 1.29 is 9.84 Å². The molecule has 0 saturated carbocycles. The van der Waals surface area contributed by atoms with Crippen molar-refractivity contribution in [1.82, 2.24) is 0 Å². The quantitative estimate of drug-likeness (QED) is 0.897. The number of rotatable bonds is 2. The van der Waals surface area contributed by atoms with Crippen LogP contribution in [-0.2, 0) is 6.42 Å². The SMILES string of the molecule is Cc1cc(C(O)c2cccc3c2OCC3)sc1C. The maximum Gasteiger partial charge on any atom is 0.128 e. The van der Waals surface area contributed by atoms with E-state index < -0.39 is 6.10 Å². The third kappa shape index (κ3) is 1.84. The molecule has 1 aliphatic rings. The van der Waals surface area contributed by atoms with Gasteiger partial charge in [0, 0.05) is 21.7 Å². The fourth-order valence-corrected chi connectivity index (χ4v) is 3.39. The lowest BCUT2D eigenvalue weighted by atomic mass is 10.0. The second-order valence-electron chi connectivity index (χ2n) is 4.72. The summed E-state index contributed by atoms with van der Waals surface area (Å²) in [4.78, 5) is 2.26. The summed E-state index contributed by atoms with van der Waals surface area (Å²) in [5.74, 6) is 0.883. The molecule has 1 aliphatic heterocycles. The van der Waals surface area contributed by atoms with Crippen LogP contribution < -0.4 is 4.74 Å². The first kappa shape index (κ1) is 11.8. The number of aryl methyl sites for hydroxylation is 2. The van der Waals surface area contributed by atoms with Crippen LogP contribution in [0.1, 0.15) is 32.5 Å². The van der Waals surface area contributed by atoms with Crippen molar-refractivity contribution in [2.75, 3.05) is 6.61 Å². The molecular weight excluding hydrogens is 244 g/mol. The van der Waals surface area contributed by atoms with Crippen LogP contribution >= 0.6 is 11.3 Å². The van der Waals surface area contributed by atoms with Crippen LogP contribution in [0.25, 0.3) is 0 Å². The van der Waals surface area contributed by atoms with Crippen LogP contribution in [0.2, 0.25) is 0 Å². The Hall–Kier alpha value is -1.32. The fraction of sp³-hybridized carbons (Fsp3) is 0.333. The third-order valence-corrected chi connectivity index (χ3v) is 4.70. The average Bonchev–Trinajstić information content (AvgIpc) is 2.95. The van der Waals surface area contributed by atoms with Gasteiger partial charge in [0.15, 0.2) is 0 Å². The summed E-state index contributed by atoms with van der Waals surface area (Å²) in [5, 5.41) is 10.5. The van der Waals surface area contributed by atoms with Crippen LogP contribution in [0.4, 0.5) is 0 Å². The molecule has 0 aliphatic carbocycles. The molecule has 3 heteroatoms. The minimum absolute atomic E-state index is 0.574. The Morgan fingerprint density at radius 2 is 2.17 bits per heavy atom. The van der Waals surface area contributed by atoms with Gasteiger partial charge in [0.05, 0.1) is 6.61 Å². The molecule has 18 heavy (non-hydrogen) atoms. The predicted molar refractivity (Wildman–Crippen MR) is 73.5 cm³/mol. The first-order valence-corrected chi connectivity index (χ1v) is 6.98. The standard InChI is InChI=1S/C15H16O2S/c1-9-8-13(18-10(9)2)14(16)12-5-3-4-11-6-7-17-15(11)12/h3-5,8,14,16H,6-7H2,1-2H3. The number of para-hydroxylation sites is 1. The minimum atomic E-state index is -0.574. The molecule has 1 N–H and O–H groups in total. The van der Waals surface area contributed by atoms with Gasteiger partial charge in [-0.25, -0.2) is 0 Å². The summed E-state index contributed by atoms with van der Waals surface area (Å²) < 4.78 is 5.65. The topological polar surface area (TPSA) is 29.5 Å². The van der Waals surface area contributed by atoms with Crippen LogP contribution in [0.5, 0.6) is 5.75 Å². The van der Waals surface area contributed by atoms with Crippen LogP contribution in [0.3, 0.4) is 0 Å². The fourth-order valence-electron chi connectivity index (χ4n) is 2.35. The van der Waals surface area contributed by atoms with Crippen molar-refractivity contribution in [3.05, 3.63) is 50.7 Å². The van der Waals surface area contributed by atoms with Gasteiger partial charge < -0.3 is 9.84 Å². The summed E-state index contributed by atoms with van der Waals surface area (Å²) in [6, 6.07) is 8.10. The normalized spacial score (nSPS) is 15.3. The molecule has 1 aromatic carbocycles. The number of aliphatic hydroxyl groups is 1. The van der Waals surface area contributed by atoms with Gasteiger partial charge in [-0.05, 0) is 31.0 Å². The third-order valence-electron chi connectivity index (χ3n) is 3.49. The van der Waals surface area contributed by atoms with E-state index >= 15 is 0 Å². The van der Waals surface area contributed by atoms with Crippen molar-refractivity contribution in [2.24, 2.45) is 0 Å². The zero-order valence-electron chi connectivity index (χ0n) is 10.6. The number of fused-ring (bicyclic) bond motifs is 1. The van der Waals surface area contributed by atoms with Gasteiger partial charge >= 0.3 is 0 Å². The smallest absolute Gasteiger partial charge is 0.128 e. The van der Waals surface area contributed by atoms with E-state index in [1.54, 1.807) is 11.3 Å². The lowest BCUT2D eigenvalue weighted by Crippen LogP contribution is -2.00. The number of hydrogen-bond donors (Lipinski definition) is 1. The Bertz CT molecular complexity index is 567. The number of aliphatic hydroxyl groups excluding tert-OH is 1. The minimum Gasteiger partial charge on any atom is -0.493 e. The van der Waals surface area contributed by atoms with E-state index in [1.807, 2.05) is 12.1 Å². The lowest BCUT2D eigenvalue weighted by molar-refractivity contribution is 0.217. The Morgan fingerprint density at radius 3 is 2.89 bits per heavy atom. The molecule has 2 heterocycles. The van der Waals surface area contributed by atoms with Gasteiger partial charge in [0.25, 0.3) is 0 Å². The molecule has 1 unspecified atom stereocenters. The van der Waals surface area contributed by atoms with Crippen molar-refractivity contribution in [2.45, 2.75) is 26.4 Å². The molecule has 2 nitrogen and oxygen atoms in total. The largest absolute Gasteiger partial charge is 0.493 e. The van der Waals surface area contributed by atoms with Gasteiger partial charge in [-0.3, -0.25) is 0 Å². The maximum atomic E-state index is 10.5. The van der Waals surface area contributed by atoms with Crippen molar-refractivity contribution in [3.8, 4) is 5.75 Å². The molecule has 0 amide bonds. The van der Waals surface area contributed by atoms with Crippen molar-refractivity contribution in [1.29, 1.82) is 0 Å². The summed E-state index contributed by atoms with van der Waals surface area (Å²) in [7, 11) is 0. The lowest BCUT2D eigenvalue weighted by Gasteiger charge is -2.13. The molecule has 0 saturated heterocycles. The number of thiophene rings is 1. The molecule has 2 aromatic rings. The van der Waals surface area contributed by atoms with E-state index in [-0.39, 0.29) is 0 Å². The van der Waals surface area contributed by atoms with Gasteiger partial charge in [0.2, 0.25) is 0 Å². The zero-order chi connectivity index (χ0) is 12.7. The predicted octanol–water partition coefficient (Wildman–Crippen LogP) is 3.38. The highest BCUT2D eigenvalue weighted by molar-refractivity contribution is 7.12. The summed E-state index contributed by atoms with van der Waals surface area (Å²) in [6.45, 7) is 4.89. The molecule has 1 atom stereocenters. The molecule has 0 fully saturated rings. The molecular formula is C15H16O2S. The maximum absolute atomic E-state index is 10.5. The summed E-state index contributed by atoms with van der Waals surface area (Å²) in [6.07, 6.45) is 0.369. The molecule has 0 bridgehead atoms. The highest BCUT2D eigenvalue weighted by Crippen LogP contribution is 2.38. The van der Waals surface area contributed by atoms with Crippen LogP contribution in [0, 0.1) is 13.8 Å². The highest BCUT2D eigenvalue weighted by atomic mass is 32.1. The Morgan fingerprint density at radius 1 is 1.33 bits per heavy atom. The van der Waals surface area contributed by atoms with E-state index in [4.69, 9.17) is 4.74 Å². The monoisotopic (exact) mass is 260 g/mol. The van der Waals surface area contributed by atoms with E-state index in [1.165, 1.54) is 16.0 Å². The molecule has 3 rings (SSSR count). The first-order chi connectivity index (χ1) is 8.66. The molecule has 0 spiro atoms. The van der Waals surface area contributed by atoms with Crippen LogP contribution in [0.15, 0.2) is 24.3 Å². The number of benzene rings is 1. The Balaban J connectivity index is 2.02. The molecule has 0 radical (unpaired) electrons. The Labute approximate surface area is 111 Å². The van der Waals surface area contributed by atoms with E-state index in [0.717, 1.165) is 29.2 Å². The van der Waals surface area contributed by atoms with Gasteiger partial charge in [-0.15, -0.1) is 11.3 Å². The van der Waals surface area contributed by atoms with E-state index in [2.05, 4.69) is 26.0 Å². The number of hydrogen-bond acceptors (Lipinski definition) is 3. The second kappa shape index (κ2) is 4.41. The molecule has 1 aromatic heterocycles. The molecule has 94 valence electrons. The van der Waals surface area contributed by atoms with E-state index in [9.17, 15) is 5.11 Å². The number of ether oxygens (including phenoxy) is 1. The summed E-state index contributed by atoms with van der Waals surface area (Å²) in [5.41, 5.74) is 3.34. The summed E-state index contributed by atoms with van der Waals surface area (Å²) >= 11 is 1.66. The van der Waals surface area contributed by atoms with Gasteiger partial charge in [-0.2, -0.15) is 0 Å². The van der Waals surface area contributed by atoms with E-state index in [0.29, 0.717) is 0 Å². The van der Waals surface area contributed by atoms with Gasteiger partial charge in [-0.1, -0.05) is 18.2 Å².